The fourth-order valence-corrected chi connectivity index (χ4v) is 3.45. The zero-order valence-electron chi connectivity index (χ0n) is 19.4. The third-order valence-corrected chi connectivity index (χ3v) is 5.23. The average Bonchev–Trinajstić information content (AvgIpc) is 2.87. The molecule has 184 valence electrons. The molecule has 1 amide bonds. The Morgan fingerprint density at radius 1 is 1.49 bits per heavy atom. The lowest BCUT2D eigenvalue weighted by molar-refractivity contribution is -0.143. The summed E-state index contributed by atoms with van der Waals surface area (Å²) in [5, 5.41) is 32.5. The van der Waals surface area contributed by atoms with Crippen LogP contribution in [0.25, 0.3) is 11.4 Å². The smallest absolute Gasteiger partial charge is 0.251 e. The Kier molecular flexibility index (Phi) is 8.63. The number of ether oxygens (including phenoxy) is 1. The van der Waals surface area contributed by atoms with Crippen molar-refractivity contribution >= 4 is 18.1 Å². The number of amides is 1. The van der Waals surface area contributed by atoms with Crippen molar-refractivity contribution < 1.29 is 19.0 Å². The summed E-state index contributed by atoms with van der Waals surface area (Å²) in [4.78, 5) is 25.7. The number of nitrogens with one attached hydrogen (secondary N) is 3. The minimum absolute atomic E-state index is 0.180. The maximum atomic E-state index is 14.7. The molecule has 1 aromatic carbocycles. The van der Waals surface area contributed by atoms with Gasteiger partial charge in [-0.3, -0.25) is 4.79 Å². The van der Waals surface area contributed by atoms with Crippen LogP contribution in [0.3, 0.4) is 0 Å². The van der Waals surface area contributed by atoms with Gasteiger partial charge in [-0.2, -0.15) is 10.2 Å². The molecule has 2 aromatic rings. The fourth-order valence-electron chi connectivity index (χ4n) is 3.45. The number of benzene rings is 1. The third kappa shape index (κ3) is 6.48. The molecule has 0 radical (unpaired) electrons. The van der Waals surface area contributed by atoms with Crippen LogP contribution in [0.1, 0.15) is 25.8 Å². The van der Waals surface area contributed by atoms with E-state index in [0.717, 1.165) is 6.21 Å². The first-order valence-electron chi connectivity index (χ1n) is 11.1. The number of nitriles is 1. The van der Waals surface area contributed by atoms with Gasteiger partial charge in [0.15, 0.2) is 12.0 Å². The van der Waals surface area contributed by atoms with Crippen molar-refractivity contribution in [3.8, 4) is 23.2 Å². The van der Waals surface area contributed by atoms with Crippen molar-refractivity contribution in [3.05, 3.63) is 42.0 Å². The summed E-state index contributed by atoms with van der Waals surface area (Å²) < 4.78 is 20.5. The summed E-state index contributed by atoms with van der Waals surface area (Å²) in [5.74, 6) is 0.211. The number of likely N-dealkylation sites (tertiary alicyclic amines) is 1. The van der Waals surface area contributed by atoms with Crippen LogP contribution in [0.2, 0.25) is 0 Å². The molecule has 1 aromatic heterocycles. The quantitative estimate of drug-likeness (QED) is 0.389. The Labute approximate surface area is 202 Å². The molecule has 2 heterocycles. The largest absolute Gasteiger partial charge is 0.486 e. The van der Waals surface area contributed by atoms with E-state index in [0.29, 0.717) is 23.6 Å². The number of carbonyl (C=O) groups is 1. The molecule has 1 fully saturated rings. The Morgan fingerprint density at radius 3 is 2.94 bits per heavy atom. The Balaban J connectivity index is 1.74. The van der Waals surface area contributed by atoms with Crippen LogP contribution in [0.15, 0.2) is 36.4 Å². The number of nitrogens with zero attached hydrogens (tertiary/aromatic N) is 5. The molecule has 0 unspecified atom stereocenters. The maximum absolute atomic E-state index is 14.7. The fraction of sp³-hybridized carbons (Fsp3) is 0.391. The second-order valence-corrected chi connectivity index (χ2v) is 7.80. The van der Waals surface area contributed by atoms with Crippen molar-refractivity contribution in [2.75, 3.05) is 25.0 Å². The number of alkyl halides is 1. The highest BCUT2D eigenvalue weighted by molar-refractivity contribution is 5.80. The highest BCUT2D eigenvalue weighted by Gasteiger charge is 2.34. The number of rotatable bonds is 9. The summed E-state index contributed by atoms with van der Waals surface area (Å²) in [5.41, 5.74) is 1.16. The SMILES string of the molecule is CCN/C=C(\C=N)Nc1ncnc(-c2ccc(O[C@H]3CCN(C(=O)[C@H](C)O)C[C@H]3F)c(C#N)c2)n1. The third-order valence-electron chi connectivity index (χ3n) is 5.23. The Bertz CT molecular complexity index is 1130. The predicted octanol–water partition coefficient (Wildman–Crippen LogP) is 1.62. The lowest BCUT2D eigenvalue weighted by Crippen LogP contribution is -2.51. The van der Waals surface area contributed by atoms with Gasteiger partial charge < -0.3 is 30.8 Å². The van der Waals surface area contributed by atoms with Gasteiger partial charge in [0, 0.05) is 37.5 Å². The van der Waals surface area contributed by atoms with E-state index in [9.17, 15) is 19.6 Å². The van der Waals surface area contributed by atoms with Crippen LogP contribution in [0, 0.1) is 16.7 Å². The zero-order chi connectivity index (χ0) is 25.4. The van der Waals surface area contributed by atoms with Gasteiger partial charge in [0.1, 0.15) is 30.4 Å². The van der Waals surface area contributed by atoms with E-state index in [-0.39, 0.29) is 36.8 Å². The highest BCUT2D eigenvalue weighted by Crippen LogP contribution is 2.28. The van der Waals surface area contributed by atoms with Gasteiger partial charge in [0.2, 0.25) is 5.95 Å². The summed E-state index contributed by atoms with van der Waals surface area (Å²) >= 11 is 0. The molecule has 0 saturated carbocycles. The topological polar surface area (TPSA) is 160 Å². The standard InChI is InChI=1S/C23H27FN8O3/c1-3-27-11-17(10-26)30-23-29-13-28-21(31-23)15-4-5-19(16(8-15)9-25)35-20-6-7-32(12-18(20)24)22(34)14(2)33/h4-5,8,10-11,13-14,18,20,26-27,33H,3,6-7,12H2,1-2H3,(H,28,29,30,31)/b17-11+,26-10?/t14-,18+,20-/m0/s1. The number of allylic oxidation sites excluding steroid dienone is 1. The predicted molar refractivity (Wildman–Crippen MR) is 126 cm³/mol. The van der Waals surface area contributed by atoms with E-state index < -0.39 is 24.3 Å². The van der Waals surface area contributed by atoms with E-state index in [1.54, 1.807) is 24.4 Å². The van der Waals surface area contributed by atoms with Gasteiger partial charge in [-0.15, -0.1) is 0 Å². The van der Waals surface area contributed by atoms with Crippen LogP contribution in [0.4, 0.5) is 10.3 Å². The average molecular weight is 483 g/mol. The van der Waals surface area contributed by atoms with E-state index in [1.165, 1.54) is 18.2 Å². The number of aromatic nitrogens is 3. The number of hydrogen-bond donors (Lipinski definition) is 4. The van der Waals surface area contributed by atoms with Crippen molar-refractivity contribution in [1.29, 1.82) is 10.7 Å². The normalized spacial score (nSPS) is 18.8. The van der Waals surface area contributed by atoms with Crippen LogP contribution in [-0.2, 0) is 4.79 Å². The van der Waals surface area contributed by atoms with Gasteiger partial charge in [-0.1, -0.05) is 0 Å². The van der Waals surface area contributed by atoms with Crippen LogP contribution in [0.5, 0.6) is 5.75 Å². The molecule has 12 heteroatoms. The van der Waals surface area contributed by atoms with E-state index in [4.69, 9.17) is 10.1 Å². The summed E-state index contributed by atoms with van der Waals surface area (Å²) in [7, 11) is 0. The number of aliphatic hydroxyl groups excluding tert-OH is 1. The number of hydrogen-bond acceptors (Lipinski definition) is 10. The molecular formula is C23H27FN8O3. The molecule has 35 heavy (non-hydrogen) atoms. The first kappa shape index (κ1) is 25.5. The van der Waals surface area contributed by atoms with Crippen LogP contribution in [-0.4, -0.2) is 75.1 Å². The number of anilines is 1. The summed E-state index contributed by atoms with van der Waals surface area (Å²) in [6.07, 6.45) is 0.796. The lowest BCUT2D eigenvalue weighted by atomic mass is 10.0. The van der Waals surface area contributed by atoms with Crippen LogP contribution < -0.4 is 15.4 Å². The van der Waals surface area contributed by atoms with Crippen LogP contribution >= 0.6 is 0 Å². The molecule has 3 atom stereocenters. The van der Waals surface area contributed by atoms with Gasteiger partial charge >= 0.3 is 0 Å². The van der Waals surface area contributed by atoms with Gasteiger partial charge in [0.05, 0.1) is 17.8 Å². The number of halogens is 1. The second kappa shape index (κ2) is 11.8. The summed E-state index contributed by atoms with van der Waals surface area (Å²) in [6, 6.07) is 6.80. The molecule has 0 spiro atoms. The number of piperidine rings is 1. The molecular weight excluding hydrogens is 455 g/mol. The molecule has 0 bridgehead atoms. The van der Waals surface area contributed by atoms with Gasteiger partial charge in [0.25, 0.3) is 5.91 Å². The molecule has 1 aliphatic rings. The number of carbonyl (C=O) groups excluding carboxylic acids is 1. The van der Waals surface area contributed by atoms with Gasteiger partial charge in [-0.05, 0) is 32.0 Å². The van der Waals surface area contributed by atoms with Crippen molar-refractivity contribution in [3.63, 3.8) is 0 Å². The molecule has 4 N–H and O–H groups in total. The minimum Gasteiger partial charge on any atom is -0.486 e. The van der Waals surface area contributed by atoms with Gasteiger partial charge in [-0.25, -0.2) is 14.4 Å². The Hall–Kier alpha value is -4.11. The van der Waals surface area contributed by atoms with Crippen molar-refractivity contribution in [2.45, 2.75) is 38.6 Å². The molecule has 3 rings (SSSR count). The zero-order valence-corrected chi connectivity index (χ0v) is 19.4. The molecule has 0 aliphatic carbocycles. The lowest BCUT2D eigenvalue weighted by Gasteiger charge is -2.35. The first-order valence-corrected chi connectivity index (χ1v) is 11.1. The minimum atomic E-state index is -1.46. The molecule has 1 aliphatic heterocycles. The molecule has 11 nitrogen and oxygen atoms in total. The second-order valence-electron chi connectivity index (χ2n) is 7.80. The molecule has 1 saturated heterocycles. The van der Waals surface area contributed by atoms with E-state index >= 15 is 0 Å². The highest BCUT2D eigenvalue weighted by atomic mass is 19.1. The first-order chi connectivity index (χ1) is 16.9. The van der Waals surface area contributed by atoms with Crippen molar-refractivity contribution in [2.24, 2.45) is 0 Å². The maximum Gasteiger partial charge on any atom is 0.251 e. The van der Waals surface area contributed by atoms with E-state index in [1.807, 2.05) is 6.92 Å². The van der Waals surface area contributed by atoms with Crippen molar-refractivity contribution in [1.82, 2.24) is 25.2 Å². The summed E-state index contributed by atoms with van der Waals surface area (Å²) in [6.45, 7) is 4.02. The Morgan fingerprint density at radius 2 is 2.29 bits per heavy atom. The van der Waals surface area contributed by atoms with E-state index in [2.05, 4.69) is 31.7 Å². The number of aliphatic hydroxyl groups is 1. The monoisotopic (exact) mass is 482 g/mol.